The highest BCUT2D eigenvalue weighted by Gasteiger charge is 2.36. The fourth-order valence-corrected chi connectivity index (χ4v) is 6.62. The van der Waals surface area contributed by atoms with Gasteiger partial charge in [-0.3, -0.25) is 0 Å². The number of ether oxygens (including phenoxy) is 1. The van der Waals surface area contributed by atoms with Gasteiger partial charge in [-0.25, -0.2) is 36.9 Å². The molecular weight excluding hydrogens is 836 g/mol. The molecule has 59 heavy (non-hydrogen) atoms. The lowest BCUT2D eigenvalue weighted by atomic mass is 9.92. The third kappa shape index (κ3) is 13.5. The minimum atomic E-state index is -2.56. The van der Waals surface area contributed by atoms with Crippen molar-refractivity contribution >= 4 is 27.6 Å². The smallest absolute Gasteiger partial charge is 0.248 e. The van der Waals surface area contributed by atoms with Crippen LogP contribution >= 0.6 is 15.9 Å². The Morgan fingerprint density at radius 1 is 0.712 bits per heavy atom. The maximum absolute atomic E-state index is 13.4. The van der Waals surface area contributed by atoms with Crippen molar-refractivity contribution in [2.75, 3.05) is 10.6 Å². The molecule has 0 amide bonds. The molecule has 0 saturated heterocycles. The van der Waals surface area contributed by atoms with E-state index in [2.05, 4.69) is 67.1 Å². The van der Waals surface area contributed by atoms with Gasteiger partial charge in [0.1, 0.15) is 22.8 Å². The number of hydrogen-bond donors (Lipinski definition) is 3. The van der Waals surface area contributed by atoms with Gasteiger partial charge in [-0.2, -0.15) is 20.4 Å². The summed E-state index contributed by atoms with van der Waals surface area (Å²) in [5, 5.41) is 39.6. The number of rotatable bonds is 10. The highest BCUT2D eigenvalue weighted by molar-refractivity contribution is 9.10. The second kappa shape index (κ2) is 19.9. The van der Waals surface area contributed by atoms with E-state index in [1.54, 1.807) is 52.2 Å². The summed E-state index contributed by atoms with van der Waals surface area (Å²) in [6, 6.07) is 18.1. The molecular formula is C40H45BrF4N12O2. The normalized spacial score (nSPS) is 16.2. The summed E-state index contributed by atoms with van der Waals surface area (Å²) in [5.74, 6) is -2.27. The first kappa shape index (κ1) is 43.0. The van der Waals surface area contributed by atoms with Crippen LogP contribution in [0.2, 0.25) is 0 Å². The van der Waals surface area contributed by atoms with Crippen LogP contribution in [0.1, 0.15) is 73.9 Å². The fourth-order valence-electron chi connectivity index (χ4n) is 6.38. The monoisotopic (exact) mass is 880 g/mol. The molecule has 0 aliphatic heterocycles. The van der Waals surface area contributed by atoms with E-state index < -0.39 is 11.8 Å². The number of aromatic nitrogens is 10. The van der Waals surface area contributed by atoms with Crippen molar-refractivity contribution < 1.29 is 27.4 Å². The Bertz CT molecular complexity index is 2210. The minimum Gasteiger partial charge on any atom is -0.472 e. The summed E-state index contributed by atoms with van der Waals surface area (Å²) in [5.41, 5.74) is 3.30. The van der Waals surface area contributed by atoms with Gasteiger partial charge in [-0.05, 0) is 121 Å². The molecule has 312 valence electrons. The molecule has 0 aromatic carbocycles. The third-order valence-corrected chi connectivity index (χ3v) is 9.88. The summed E-state index contributed by atoms with van der Waals surface area (Å²) in [7, 11) is 0. The van der Waals surface area contributed by atoms with E-state index in [1.807, 2.05) is 56.4 Å². The van der Waals surface area contributed by atoms with Gasteiger partial charge in [0, 0.05) is 68.6 Å². The fraction of sp³-hybridized carbons (Fsp3) is 0.400. The highest BCUT2D eigenvalue weighted by Crippen LogP contribution is 2.35. The van der Waals surface area contributed by atoms with Crippen molar-refractivity contribution in [2.24, 2.45) is 0 Å². The van der Waals surface area contributed by atoms with E-state index in [9.17, 15) is 22.7 Å². The van der Waals surface area contributed by atoms with Gasteiger partial charge in [0.2, 0.25) is 17.7 Å². The number of alkyl halides is 4. The van der Waals surface area contributed by atoms with Crippen molar-refractivity contribution in [1.82, 2.24) is 49.9 Å². The SMILES string of the molecule is Brc1cccnn1.Cc1ccn(-c2cc(CO)cc(NC3CCC(F)(F)CC3)n2)n1.Cc1ccn(-c2cc(COc3cccnn3)cc(NC3CCC(F)(F)CC3)n2)n1. The topological polar surface area (TPSA) is 166 Å². The minimum absolute atomic E-state index is 0.0247. The molecule has 6 aromatic rings. The zero-order valence-electron chi connectivity index (χ0n) is 32.5. The molecule has 0 unspecified atom stereocenters. The Labute approximate surface area is 347 Å². The standard InChI is InChI=1S/C20H22F2N6O.C16H20F2N4O.C4H3BrN2/c1-14-6-10-28(27-14)18-12-15(13-29-19-3-2-9-23-26-19)11-17(25-18)24-16-4-7-20(21,22)8-5-16;1-11-4-7-22(21-11)15-9-12(10-23)8-14(20-15)19-13-2-5-16(17,18)6-3-13;5-4-2-1-3-6-7-4/h2-3,6,9-12,16H,4-5,7-8,13H2,1H3,(H,24,25);4,7-9,13,23H,2-3,5-6,10H2,1H3,(H,19,20);1-3H. The molecule has 2 fully saturated rings. The van der Waals surface area contributed by atoms with Crippen LogP contribution in [0.15, 0.2) is 90.1 Å². The number of anilines is 2. The molecule has 6 aromatic heterocycles. The third-order valence-electron chi connectivity index (χ3n) is 9.45. The highest BCUT2D eigenvalue weighted by atomic mass is 79.9. The van der Waals surface area contributed by atoms with Crippen molar-refractivity contribution in [1.29, 1.82) is 0 Å². The molecule has 0 atom stereocenters. The second-order valence-electron chi connectivity index (χ2n) is 14.3. The Kier molecular flexibility index (Phi) is 14.5. The van der Waals surface area contributed by atoms with Crippen molar-refractivity contribution in [2.45, 2.75) is 102 Å². The van der Waals surface area contributed by atoms with E-state index in [-0.39, 0.29) is 51.0 Å². The van der Waals surface area contributed by atoms with E-state index in [4.69, 9.17) is 4.74 Å². The van der Waals surface area contributed by atoms with Gasteiger partial charge in [-0.15, -0.1) is 10.2 Å². The first-order valence-electron chi connectivity index (χ1n) is 19.1. The Hall–Kier alpha value is -5.56. The van der Waals surface area contributed by atoms with E-state index >= 15 is 0 Å². The number of pyridine rings is 2. The first-order chi connectivity index (χ1) is 28.3. The average molecular weight is 882 g/mol. The summed E-state index contributed by atoms with van der Waals surface area (Å²) in [6.45, 7) is 3.94. The van der Waals surface area contributed by atoms with Gasteiger partial charge >= 0.3 is 0 Å². The maximum atomic E-state index is 13.4. The number of hydrogen-bond acceptors (Lipinski definition) is 12. The molecule has 2 aliphatic carbocycles. The summed E-state index contributed by atoms with van der Waals surface area (Å²) >= 11 is 3.14. The van der Waals surface area contributed by atoms with Gasteiger partial charge in [-0.1, -0.05) is 0 Å². The molecule has 3 N–H and O–H groups in total. The lowest BCUT2D eigenvalue weighted by Gasteiger charge is -2.29. The Morgan fingerprint density at radius 3 is 1.61 bits per heavy atom. The largest absolute Gasteiger partial charge is 0.472 e. The van der Waals surface area contributed by atoms with Crippen LogP contribution < -0.4 is 15.4 Å². The molecule has 2 aliphatic rings. The number of aliphatic hydroxyl groups excluding tert-OH is 1. The van der Waals surface area contributed by atoms with E-state index in [1.165, 1.54) is 0 Å². The predicted molar refractivity (Wildman–Crippen MR) is 216 cm³/mol. The van der Waals surface area contributed by atoms with Gasteiger partial charge in [0.15, 0.2) is 11.6 Å². The number of halogens is 5. The number of nitrogens with one attached hydrogen (secondary N) is 2. The molecule has 0 spiro atoms. The predicted octanol–water partition coefficient (Wildman–Crippen LogP) is 8.23. The number of aliphatic hydroxyl groups is 1. The van der Waals surface area contributed by atoms with Crippen LogP contribution in [0.4, 0.5) is 29.2 Å². The van der Waals surface area contributed by atoms with E-state index in [0.717, 1.165) is 21.6 Å². The van der Waals surface area contributed by atoms with Crippen LogP contribution in [-0.2, 0) is 13.2 Å². The van der Waals surface area contributed by atoms with Crippen LogP contribution in [0.3, 0.4) is 0 Å². The molecule has 19 heteroatoms. The van der Waals surface area contributed by atoms with Crippen LogP contribution in [0.25, 0.3) is 11.6 Å². The van der Waals surface area contributed by atoms with Crippen molar-refractivity contribution in [3.05, 3.63) is 113 Å². The van der Waals surface area contributed by atoms with Crippen molar-refractivity contribution in [3.8, 4) is 17.5 Å². The Balaban J connectivity index is 0.000000173. The second-order valence-corrected chi connectivity index (χ2v) is 15.2. The zero-order chi connectivity index (χ0) is 41.8. The quantitative estimate of drug-likeness (QED) is 0.113. The summed E-state index contributed by atoms with van der Waals surface area (Å²) in [4.78, 5) is 9.11. The molecule has 8 rings (SSSR count). The molecule has 6 heterocycles. The van der Waals surface area contributed by atoms with Crippen LogP contribution in [0.5, 0.6) is 5.88 Å². The lowest BCUT2D eigenvalue weighted by Crippen LogP contribution is -2.32. The Morgan fingerprint density at radius 2 is 1.20 bits per heavy atom. The van der Waals surface area contributed by atoms with Crippen LogP contribution in [-0.4, -0.2) is 79.0 Å². The molecule has 14 nitrogen and oxygen atoms in total. The molecule has 0 bridgehead atoms. The van der Waals surface area contributed by atoms with Gasteiger partial charge in [0.05, 0.1) is 18.0 Å². The van der Waals surface area contributed by atoms with Gasteiger partial charge in [0.25, 0.3) is 0 Å². The first-order valence-corrected chi connectivity index (χ1v) is 19.9. The lowest BCUT2D eigenvalue weighted by molar-refractivity contribution is -0.0366. The van der Waals surface area contributed by atoms with Crippen molar-refractivity contribution in [3.63, 3.8) is 0 Å². The number of nitrogens with zero attached hydrogens (tertiary/aromatic N) is 10. The maximum Gasteiger partial charge on any atom is 0.248 e. The van der Waals surface area contributed by atoms with E-state index in [0.29, 0.717) is 60.4 Å². The van der Waals surface area contributed by atoms with Crippen LogP contribution in [0, 0.1) is 13.8 Å². The molecule has 2 saturated carbocycles. The molecule has 0 radical (unpaired) electrons. The average Bonchev–Trinajstić information content (AvgIpc) is 3.88. The van der Waals surface area contributed by atoms with Gasteiger partial charge < -0.3 is 20.5 Å². The summed E-state index contributed by atoms with van der Waals surface area (Å²) < 4.78 is 63.2. The summed E-state index contributed by atoms with van der Waals surface area (Å²) in [6.07, 6.45) is 8.05. The zero-order valence-corrected chi connectivity index (χ0v) is 34.1. The number of aryl methyl sites for hydroxylation is 2.